The number of pyridine rings is 1. The van der Waals surface area contributed by atoms with Crippen molar-refractivity contribution < 1.29 is 5.11 Å². The molecule has 0 aliphatic heterocycles. The highest BCUT2D eigenvalue weighted by molar-refractivity contribution is 9.10. The molecule has 0 spiro atoms. The molecular weight excluding hydrogens is 254 g/mol. The van der Waals surface area contributed by atoms with Crippen LogP contribution in [-0.4, -0.2) is 10.1 Å². The van der Waals surface area contributed by atoms with Crippen LogP contribution in [0.3, 0.4) is 0 Å². The number of fused-ring (bicyclic) bond motifs is 1. The van der Waals surface area contributed by atoms with Crippen molar-refractivity contribution in [2.24, 2.45) is 0 Å². The van der Waals surface area contributed by atoms with E-state index in [0.29, 0.717) is 10.4 Å². The topological polar surface area (TPSA) is 33.1 Å². The van der Waals surface area contributed by atoms with E-state index in [2.05, 4.69) is 34.8 Å². The second kappa shape index (κ2) is 3.81. The molecule has 0 radical (unpaired) electrons. The zero-order chi connectivity index (χ0) is 11.0. The molecule has 0 fully saturated rings. The van der Waals surface area contributed by atoms with Crippen molar-refractivity contribution in [1.29, 1.82) is 0 Å². The monoisotopic (exact) mass is 265 g/mol. The second-order valence-corrected chi connectivity index (χ2v) is 4.65. The molecule has 2 rings (SSSR count). The standard InChI is InChI=1S/C12H12BrNO/c1-7(2)9-5-3-8-4-6-10(15)11(13)12(8)14-9/h3-7,15H,1-2H3. The van der Waals surface area contributed by atoms with E-state index < -0.39 is 0 Å². The smallest absolute Gasteiger partial charge is 0.132 e. The second-order valence-electron chi connectivity index (χ2n) is 3.86. The number of hydrogen-bond donors (Lipinski definition) is 1. The summed E-state index contributed by atoms with van der Waals surface area (Å²) in [7, 11) is 0. The number of phenolic OH excluding ortho intramolecular Hbond substituents is 1. The minimum Gasteiger partial charge on any atom is -0.507 e. The third-order valence-corrected chi connectivity index (χ3v) is 3.17. The van der Waals surface area contributed by atoms with Gasteiger partial charge in [-0.1, -0.05) is 19.9 Å². The number of nitrogens with zero attached hydrogens (tertiary/aromatic N) is 1. The van der Waals surface area contributed by atoms with Gasteiger partial charge in [-0.05, 0) is 40.0 Å². The average molecular weight is 266 g/mol. The van der Waals surface area contributed by atoms with Crippen molar-refractivity contribution in [3.63, 3.8) is 0 Å². The van der Waals surface area contributed by atoms with E-state index >= 15 is 0 Å². The first-order valence-electron chi connectivity index (χ1n) is 4.87. The fourth-order valence-electron chi connectivity index (χ4n) is 1.48. The van der Waals surface area contributed by atoms with Gasteiger partial charge in [0.2, 0.25) is 0 Å². The Kier molecular flexibility index (Phi) is 2.65. The van der Waals surface area contributed by atoms with Crippen LogP contribution >= 0.6 is 15.9 Å². The molecule has 0 saturated carbocycles. The number of rotatable bonds is 1. The zero-order valence-electron chi connectivity index (χ0n) is 8.66. The minimum atomic E-state index is 0.232. The maximum atomic E-state index is 9.56. The molecule has 0 aliphatic rings. The van der Waals surface area contributed by atoms with E-state index in [1.165, 1.54) is 0 Å². The Labute approximate surface area is 97.1 Å². The molecule has 2 nitrogen and oxygen atoms in total. The molecule has 0 aliphatic carbocycles. The quantitative estimate of drug-likeness (QED) is 0.851. The largest absolute Gasteiger partial charge is 0.507 e. The van der Waals surface area contributed by atoms with Crippen molar-refractivity contribution in [3.05, 3.63) is 34.4 Å². The molecule has 0 atom stereocenters. The first-order valence-corrected chi connectivity index (χ1v) is 5.67. The zero-order valence-corrected chi connectivity index (χ0v) is 10.2. The van der Waals surface area contributed by atoms with Gasteiger partial charge in [0.25, 0.3) is 0 Å². The Balaban J connectivity index is 2.73. The van der Waals surface area contributed by atoms with Gasteiger partial charge in [0.05, 0.1) is 9.99 Å². The van der Waals surface area contributed by atoms with Crippen LogP contribution < -0.4 is 0 Å². The maximum Gasteiger partial charge on any atom is 0.132 e. The van der Waals surface area contributed by atoms with Crippen molar-refractivity contribution >= 4 is 26.8 Å². The van der Waals surface area contributed by atoms with Crippen molar-refractivity contribution in [2.45, 2.75) is 19.8 Å². The van der Waals surface area contributed by atoms with Gasteiger partial charge >= 0.3 is 0 Å². The van der Waals surface area contributed by atoms with E-state index in [-0.39, 0.29) is 5.75 Å². The number of aromatic hydroxyl groups is 1. The lowest BCUT2D eigenvalue weighted by Crippen LogP contribution is -1.93. The van der Waals surface area contributed by atoms with Crippen molar-refractivity contribution in [1.82, 2.24) is 4.98 Å². The van der Waals surface area contributed by atoms with Gasteiger partial charge in [-0.3, -0.25) is 4.98 Å². The number of benzene rings is 1. The number of halogens is 1. The van der Waals surface area contributed by atoms with E-state index in [1.54, 1.807) is 6.07 Å². The summed E-state index contributed by atoms with van der Waals surface area (Å²) >= 11 is 3.35. The fraction of sp³-hybridized carbons (Fsp3) is 0.250. The molecule has 1 aromatic carbocycles. The summed E-state index contributed by atoms with van der Waals surface area (Å²) in [6, 6.07) is 7.59. The van der Waals surface area contributed by atoms with Gasteiger partial charge in [0.15, 0.2) is 0 Å². The van der Waals surface area contributed by atoms with Crippen LogP contribution in [0.2, 0.25) is 0 Å². The fourth-order valence-corrected chi connectivity index (χ4v) is 1.93. The van der Waals surface area contributed by atoms with Crippen LogP contribution in [0.4, 0.5) is 0 Å². The Hall–Kier alpha value is -1.09. The summed E-state index contributed by atoms with van der Waals surface area (Å²) in [4.78, 5) is 4.53. The summed E-state index contributed by atoms with van der Waals surface area (Å²) in [5.74, 6) is 0.625. The van der Waals surface area contributed by atoms with Crippen LogP contribution in [0.15, 0.2) is 28.7 Å². The number of phenols is 1. The van der Waals surface area contributed by atoms with E-state index in [9.17, 15) is 5.11 Å². The molecule has 1 N–H and O–H groups in total. The van der Waals surface area contributed by atoms with E-state index in [1.807, 2.05) is 18.2 Å². The lowest BCUT2D eigenvalue weighted by molar-refractivity contribution is 0.473. The van der Waals surface area contributed by atoms with Gasteiger partial charge in [-0.2, -0.15) is 0 Å². The SMILES string of the molecule is CC(C)c1ccc2ccc(O)c(Br)c2n1. The van der Waals surface area contributed by atoms with Crippen LogP contribution in [0.25, 0.3) is 10.9 Å². The molecule has 0 amide bonds. The third-order valence-electron chi connectivity index (χ3n) is 2.39. The summed E-state index contributed by atoms with van der Waals surface area (Å²) in [6.07, 6.45) is 0. The highest BCUT2D eigenvalue weighted by Gasteiger charge is 2.07. The molecule has 3 heteroatoms. The third kappa shape index (κ3) is 1.84. The van der Waals surface area contributed by atoms with Gasteiger partial charge in [0, 0.05) is 11.1 Å². The Morgan fingerprint density at radius 1 is 1.20 bits per heavy atom. The maximum absolute atomic E-state index is 9.56. The normalized spacial score (nSPS) is 11.2. The lowest BCUT2D eigenvalue weighted by atomic mass is 10.1. The summed E-state index contributed by atoms with van der Waals surface area (Å²) < 4.78 is 0.669. The first-order chi connectivity index (χ1) is 7.09. The molecule has 1 aromatic heterocycles. The highest BCUT2D eigenvalue weighted by Crippen LogP contribution is 2.31. The van der Waals surface area contributed by atoms with Gasteiger partial charge in [-0.25, -0.2) is 0 Å². The first kappa shape index (κ1) is 10.4. The molecule has 0 unspecified atom stereocenters. The average Bonchev–Trinajstić information content (AvgIpc) is 2.23. The molecule has 15 heavy (non-hydrogen) atoms. The Morgan fingerprint density at radius 2 is 1.87 bits per heavy atom. The van der Waals surface area contributed by atoms with Crippen LogP contribution in [0, 0.1) is 0 Å². The summed E-state index contributed by atoms with van der Waals surface area (Å²) in [5.41, 5.74) is 1.86. The molecule has 2 aromatic rings. The van der Waals surface area contributed by atoms with Crippen molar-refractivity contribution in [3.8, 4) is 5.75 Å². The number of aromatic nitrogens is 1. The van der Waals surface area contributed by atoms with Crippen molar-refractivity contribution in [2.75, 3.05) is 0 Å². The van der Waals surface area contributed by atoms with Gasteiger partial charge in [0.1, 0.15) is 5.75 Å². The predicted molar refractivity (Wildman–Crippen MR) is 65.2 cm³/mol. The summed E-state index contributed by atoms with van der Waals surface area (Å²) in [6.45, 7) is 4.20. The molecule has 1 heterocycles. The van der Waals surface area contributed by atoms with Gasteiger partial charge < -0.3 is 5.11 Å². The van der Waals surface area contributed by atoms with E-state index in [0.717, 1.165) is 16.6 Å². The molecule has 0 saturated heterocycles. The molecular formula is C12H12BrNO. The van der Waals surface area contributed by atoms with E-state index in [4.69, 9.17) is 0 Å². The number of hydrogen-bond acceptors (Lipinski definition) is 2. The minimum absolute atomic E-state index is 0.232. The predicted octanol–water partition coefficient (Wildman–Crippen LogP) is 3.83. The highest BCUT2D eigenvalue weighted by atomic mass is 79.9. The van der Waals surface area contributed by atoms with Crippen LogP contribution in [0.5, 0.6) is 5.75 Å². The summed E-state index contributed by atoms with van der Waals surface area (Å²) in [5, 5.41) is 10.6. The lowest BCUT2D eigenvalue weighted by Gasteiger charge is -2.07. The van der Waals surface area contributed by atoms with Gasteiger partial charge in [-0.15, -0.1) is 0 Å². The Morgan fingerprint density at radius 3 is 2.53 bits per heavy atom. The van der Waals surface area contributed by atoms with Crippen LogP contribution in [-0.2, 0) is 0 Å². The Bertz CT molecular complexity index is 508. The van der Waals surface area contributed by atoms with Crippen LogP contribution in [0.1, 0.15) is 25.5 Å². The molecule has 78 valence electrons. The molecule has 0 bridgehead atoms.